The number of anilines is 1. The fourth-order valence-electron chi connectivity index (χ4n) is 2.71. The number of nitrogens with zero attached hydrogens (tertiary/aromatic N) is 3. The summed E-state index contributed by atoms with van der Waals surface area (Å²) in [5.41, 5.74) is 3.13. The Bertz CT molecular complexity index is 806. The zero-order chi connectivity index (χ0) is 15.6. The fraction of sp³-hybridized carbons (Fsp3) is 0.333. The normalized spacial score (nSPS) is 14.3. The molecule has 23 heavy (non-hydrogen) atoms. The van der Waals surface area contributed by atoms with E-state index in [4.69, 9.17) is 0 Å². The summed E-state index contributed by atoms with van der Waals surface area (Å²) in [5, 5.41) is 3.44. The molecule has 118 valence electrons. The van der Waals surface area contributed by atoms with E-state index in [1.165, 1.54) is 17.7 Å². The van der Waals surface area contributed by atoms with E-state index in [2.05, 4.69) is 50.9 Å². The summed E-state index contributed by atoms with van der Waals surface area (Å²) in [5.74, 6) is 2.78. The van der Waals surface area contributed by atoms with Crippen molar-refractivity contribution in [3.63, 3.8) is 0 Å². The van der Waals surface area contributed by atoms with Gasteiger partial charge in [-0.15, -0.1) is 11.8 Å². The van der Waals surface area contributed by atoms with Gasteiger partial charge in [-0.05, 0) is 36.6 Å². The van der Waals surface area contributed by atoms with Crippen LogP contribution in [0.1, 0.15) is 19.8 Å². The summed E-state index contributed by atoms with van der Waals surface area (Å²) >= 11 is 1.86. The number of benzene rings is 1. The van der Waals surface area contributed by atoms with Crippen molar-refractivity contribution in [3.8, 4) is 11.3 Å². The molecule has 1 saturated carbocycles. The molecule has 0 bridgehead atoms. The number of hydrogen-bond acceptors (Lipinski definition) is 4. The number of aromatic nitrogens is 3. The molecule has 2 aromatic heterocycles. The predicted octanol–water partition coefficient (Wildman–Crippen LogP) is 4.33. The van der Waals surface area contributed by atoms with Gasteiger partial charge in [0.1, 0.15) is 0 Å². The smallest absolute Gasteiger partial charge is 0.180 e. The van der Waals surface area contributed by atoms with E-state index in [1.54, 1.807) is 0 Å². The van der Waals surface area contributed by atoms with Crippen LogP contribution < -0.4 is 5.32 Å². The van der Waals surface area contributed by atoms with Crippen molar-refractivity contribution in [2.24, 2.45) is 5.92 Å². The zero-order valence-corrected chi connectivity index (χ0v) is 14.0. The summed E-state index contributed by atoms with van der Waals surface area (Å²) < 4.78 is 2.12. The van der Waals surface area contributed by atoms with Gasteiger partial charge in [0, 0.05) is 29.4 Å². The molecule has 3 aromatic rings. The van der Waals surface area contributed by atoms with Gasteiger partial charge >= 0.3 is 0 Å². The maximum absolute atomic E-state index is 4.61. The lowest BCUT2D eigenvalue weighted by atomic mass is 10.1. The fourth-order valence-corrected chi connectivity index (χ4v) is 3.37. The van der Waals surface area contributed by atoms with E-state index >= 15 is 0 Å². The summed E-state index contributed by atoms with van der Waals surface area (Å²) in [4.78, 5) is 10.4. The first-order valence-corrected chi connectivity index (χ1v) is 9.13. The summed E-state index contributed by atoms with van der Waals surface area (Å²) in [6, 6.07) is 8.66. The van der Waals surface area contributed by atoms with E-state index in [1.807, 2.05) is 30.4 Å². The summed E-state index contributed by atoms with van der Waals surface area (Å²) in [7, 11) is 0. The number of thioether (sulfide) groups is 1. The Kier molecular flexibility index (Phi) is 3.95. The van der Waals surface area contributed by atoms with Crippen LogP contribution in [0.3, 0.4) is 0 Å². The molecule has 0 unspecified atom stereocenters. The molecule has 0 atom stereocenters. The quantitative estimate of drug-likeness (QED) is 0.685. The highest BCUT2D eigenvalue weighted by Crippen LogP contribution is 2.30. The molecule has 4 nitrogen and oxygen atoms in total. The molecular weight excluding hydrogens is 304 g/mol. The molecule has 0 saturated heterocycles. The van der Waals surface area contributed by atoms with Gasteiger partial charge in [0.25, 0.3) is 0 Å². The molecular formula is C18H20N4S. The standard InChI is InChI=1S/C18H20N4S/c1-2-23-15-7-5-14(6-8-15)16-12-21-17(20-11-13-3-4-13)18-19-9-10-22(16)18/h5-10,12-13H,2-4,11H2,1H3,(H,20,21). The largest absolute Gasteiger partial charge is 0.367 e. The van der Waals surface area contributed by atoms with Gasteiger partial charge in [-0.1, -0.05) is 19.1 Å². The number of hydrogen-bond donors (Lipinski definition) is 1. The van der Waals surface area contributed by atoms with Gasteiger partial charge in [0.2, 0.25) is 0 Å². The number of imidazole rings is 1. The van der Waals surface area contributed by atoms with Crippen LogP contribution in [0.25, 0.3) is 16.9 Å². The topological polar surface area (TPSA) is 42.2 Å². The SMILES string of the molecule is CCSc1ccc(-c2cnc(NCC3CC3)c3nccn23)cc1. The van der Waals surface area contributed by atoms with Crippen molar-refractivity contribution < 1.29 is 0 Å². The minimum Gasteiger partial charge on any atom is -0.367 e. The van der Waals surface area contributed by atoms with Crippen molar-refractivity contribution in [1.82, 2.24) is 14.4 Å². The molecule has 1 aliphatic carbocycles. The molecule has 5 heteroatoms. The minimum absolute atomic E-state index is 0.815. The Balaban J connectivity index is 1.66. The van der Waals surface area contributed by atoms with Crippen LogP contribution in [0.5, 0.6) is 0 Å². The molecule has 1 aliphatic rings. The zero-order valence-electron chi connectivity index (χ0n) is 13.2. The van der Waals surface area contributed by atoms with Gasteiger partial charge in [0.15, 0.2) is 11.5 Å². The third-order valence-corrected chi connectivity index (χ3v) is 5.04. The van der Waals surface area contributed by atoms with Crippen molar-refractivity contribution in [2.75, 3.05) is 17.6 Å². The maximum atomic E-state index is 4.61. The number of fused-ring (bicyclic) bond motifs is 1. The second-order valence-corrected chi connectivity index (χ2v) is 7.23. The van der Waals surface area contributed by atoms with Crippen LogP contribution in [0.15, 0.2) is 47.8 Å². The Labute approximate surface area is 140 Å². The lowest BCUT2D eigenvalue weighted by Crippen LogP contribution is -2.07. The molecule has 0 spiro atoms. The molecule has 0 amide bonds. The Morgan fingerprint density at radius 3 is 2.78 bits per heavy atom. The maximum Gasteiger partial charge on any atom is 0.180 e. The molecule has 1 aromatic carbocycles. The predicted molar refractivity (Wildman–Crippen MR) is 96.0 cm³/mol. The monoisotopic (exact) mass is 324 g/mol. The summed E-state index contributed by atoms with van der Waals surface area (Å²) in [6.45, 7) is 3.17. The average Bonchev–Trinajstić information content (AvgIpc) is 3.28. The van der Waals surface area contributed by atoms with E-state index < -0.39 is 0 Å². The van der Waals surface area contributed by atoms with Crippen molar-refractivity contribution in [2.45, 2.75) is 24.7 Å². The van der Waals surface area contributed by atoms with Gasteiger partial charge in [0.05, 0.1) is 11.9 Å². The average molecular weight is 324 g/mol. The Morgan fingerprint density at radius 1 is 1.22 bits per heavy atom. The van der Waals surface area contributed by atoms with Crippen LogP contribution in [-0.2, 0) is 0 Å². The Hall–Kier alpha value is -2.01. The summed E-state index contributed by atoms with van der Waals surface area (Å²) in [6.07, 6.45) is 8.44. The van der Waals surface area contributed by atoms with Crippen LogP contribution in [-0.4, -0.2) is 26.7 Å². The van der Waals surface area contributed by atoms with Gasteiger partial charge in [-0.3, -0.25) is 4.40 Å². The highest BCUT2D eigenvalue weighted by molar-refractivity contribution is 7.99. The first-order chi connectivity index (χ1) is 11.3. The molecule has 4 rings (SSSR count). The minimum atomic E-state index is 0.815. The van der Waals surface area contributed by atoms with Crippen LogP contribution >= 0.6 is 11.8 Å². The van der Waals surface area contributed by atoms with E-state index in [0.717, 1.165) is 40.9 Å². The van der Waals surface area contributed by atoms with Gasteiger partial charge in [-0.25, -0.2) is 9.97 Å². The van der Waals surface area contributed by atoms with Crippen LogP contribution in [0.4, 0.5) is 5.82 Å². The van der Waals surface area contributed by atoms with E-state index in [9.17, 15) is 0 Å². The second kappa shape index (κ2) is 6.24. The third-order valence-electron chi connectivity index (χ3n) is 4.14. The van der Waals surface area contributed by atoms with Crippen molar-refractivity contribution in [3.05, 3.63) is 42.9 Å². The van der Waals surface area contributed by atoms with Crippen LogP contribution in [0, 0.1) is 5.92 Å². The van der Waals surface area contributed by atoms with Crippen LogP contribution in [0.2, 0.25) is 0 Å². The van der Waals surface area contributed by atoms with E-state index in [0.29, 0.717) is 0 Å². The van der Waals surface area contributed by atoms with Gasteiger partial charge < -0.3 is 5.32 Å². The molecule has 1 fully saturated rings. The first-order valence-electron chi connectivity index (χ1n) is 8.14. The molecule has 0 aliphatic heterocycles. The van der Waals surface area contributed by atoms with E-state index in [-0.39, 0.29) is 0 Å². The number of nitrogens with one attached hydrogen (secondary N) is 1. The second-order valence-electron chi connectivity index (χ2n) is 5.89. The molecule has 1 N–H and O–H groups in total. The highest BCUT2D eigenvalue weighted by atomic mass is 32.2. The highest BCUT2D eigenvalue weighted by Gasteiger charge is 2.21. The lowest BCUT2D eigenvalue weighted by molar-refractivity contribution is 0.882. The van der Waals surface area contributed by atoms with Gasteiger partial charge in [-0.2, -0.15) is 0 Å². The Morgan fingerprint density at radius 2 is 2.04 bits per heavy atom. The number of rotatable bonds is 6. The molecule has 0 radical (unpaired) electrons. The van der Waals surface area contributed by atoms with Crippen molar-refractivity contribution >= 4 is 23.2 Å². The third kappa shape index (κ3) is 3.06. The molecule has 2 heterocycles. The first kappa shape index (κ1) is 14.6. The lowest BCUT2D eigenvalue weighted by Gasteiger charge is -2.10. The van der Waals surface area contributed by atoms with Crippen molar-refractivity contribution in [1.29, 1.82) is 0 Å².